The van der Waals surface area contributed by atoms with E-state index in [4.69, 9.17) is 21.7 Å². The molecule has 0 aliphatic rings. The van der Waals surface area contributed by atoms with Gasteiger partial charge in [-0.15, -0.1) is 11.3 Å². The molecule has 144 valence electrons. The lowest BCUT2D eigenvalue weighted by Gasteiger charge is -2.13. The number of nitrogens with one attached hydrogen (secondary N) is 1. The molecule has 0 aliphatic carbocycles. The van der Waals surface area contributed by atoms with Gasteiger partial charge in [0.2, 0.25) is 0 Å². The van der Waals surface area contributed by atoms with Crippen molar-refractivity contribution in [1.29, 1.82) is 0 Å². The second-order valence-electron chi connectivity index (χ2n) is 6.13. The SMILES string of the molecule is CCOc1ccc(Cn2c(=S)[nH]c3c(sc4ncccc43)c2=O)cc1OCC. The lowest BCUT2D eigenvalue weighted by atomic mass is 10.2. The highest BCUT2D eigenvalue weighted by atomic mass is 32.1. The van der Waals surface area contributed by atoms with Gasteiger partial charge in [0.05, 0.1) is 25.3 Å². The van der Waals surface area contributed by atoms with Crippen LogP contribution in [0.3, 0.4) is 0 Å². The van der Waals surface area contributed by atoms with Crippen LogP contribution >= 0.6 is 23.6 Å². The average Bonchev–Trinajstić information content (AvgIpc) is 3.06. The lowest BCUT2D eigenvalue weighted by molar-refractivity contribution is 0.287. The predicted octanol–water partition coefficient (Wildman–Crippen LogP) is 4.51. The third-order valence-electron chi connectivity index (χ3n) is 4.33. The fourth-order valence-corrected chi connectivity index (χ4v) is 4.41. The van der Waals surface area contributed by atoms with Crippen LogP contribution in [0, 0.1) is 4.77 Å². The number of nitrogens with zero attached hydrogens (tertiary/aromatic N) is 2. The quantitative estimate of drug-likeness (QED) is 0.471. The van der Waals surface area contributed by atoms with Crippen LogP contribution in [0.25, 0.3) is 20.4 Å². The number of benzene rings is 1. The minimum atomic E-state index is -0.117. The first-order valence-corrected chi connectivity index (χ1v) is 10.2. The molecule has 1 N–H and O–H groups in total. The van der Waals surface area contributed by atoms with Gasteiger partial charge in [-0.1, -0.05) is 6.07 Å². The van der Waals surface area contributed by atoms with Crippen LogP contribution in [0.2, 0.25) is 0 Å². The number of fused-ring (bicyclic) bond motifs is 3. The molecule has 6 nitrogen and oxygen atoms in total. The van der Waals surface area contributed by atoms with Gasteiger partial charge in [0.15, 0.2) is 16.3 Å². The predicted molar refractivity (Wildman–Crippen MR) is 114 cm³/mol. The van der Waals surface area contributed by atoms with Crippen LogP contribution in [-0.2, 0) is 6.54 Å². The first-order valence-electron chi connectivity index (χ1n) is 9.01. The Morgan fingerprint density at radius 1 is 1.18 bits per heavy atom. The van der Waals surface area contributed by atoms with Crippen molar-refractivity contribution in [2.45, 2.75) is 20.4 Å². The molecule has 0 bridgehead atoms. The van der Waals surface area contributed by atoms with Crippen LogP contribution < -0.4 is 15.0 Å². The summed E-state index contributed by atoms with van der Waals surface area (Å²) < 4.78 is 13.9. The lowest BCUT2D eigenvalue weighted by Crippen LogP contribution is -2.22. The van der Waals surface area contributed by atoms with Crippen LogP contribution in [0.4, 0.5) is 0 Å². The fraction of sp³-hybridized carbons (Fsp3) is 0.250. The standard InChI is InChI=1S/C20H19N3O3S2/c1-3-25-14-8-7-12(10-15(14)26-4-2)11-23-19(24)17-16(22-20(23)27)13-6-5-9-21-18(13)28-17/h5-10H,3-4,11H2,1-2H3,(H,22,27). The van der Waals surface area contributed by atoms with E-state index in [1.54, 1.807) is 10.8 Å². The maximum absolute atomic E-state index is 13.1. The van der Waals surface area contributed by atoms with Crippen LogP contribution in [0.15, 0.2) is 41.3 Å². The molecule has 3 aromatic heterocycles. The molecule has 0 amide bonds. The fourth-order valence-electron chi connectivity index (χ4n) is 3.12. The Kier molecular flexibility index (Phi) is 5.15. The Balaban J connectivity index is 1.80. The molecule has 0 saturated carbocycles. The highest BCUT2D eigenvalue weighted by Gasteiger charge is 2.14. The Morgan fingerprint density at radius 3 is 2.75 bits per heavy atom. The second-order valence-corrected chi connectivity index (χ2v) is 7.52. The van der Waals surface area contributed by atoms with Gasteiger partial charge in [-0.05, 0) is 55.9 Å². The number of ether oxygens (including phenoxy) is 2. The van der Waals surface area contributed by atoms with E-state index in [-0.39, 0.29) is 5.56 Å². The number of thiophene rings is 1. The summed E-state index contributed by atoms with van der Waals surface area (Å²) in [7, 11) is 0. The van der Waals surface area contributed by atoms with Crippen molar-refractivity contribution in [3.05, 3.63) is 57.2 Å². The molecule has 3 heterocycles. The zero-order valence-corrected chi connectivity index (χ0v) is 17.2. The van der Waals surface area contributed by atoms with Gasteiger partial charge in [0, 0.05) is 11.6 Å². The molecule has 8 heteroatoms. The third-order valence-corrected chi connectivity index (χ3v) is 5.76. The number of hydrogen-bond donors (Lipinski definition) is 1. The summed E-state index contributed by atoms with van der Waals surface area (Å²) in [6.07, 6.45) is 1.72. The number of rotatable bonds is 6. The average molecular weight is 414 g/mol. The van der Waals surface area contributed by atoms with Gasteiger partial charge in [-0.25, -0.2) is 4.98 Å². The van der Waals surface area contributed by atoms with Gasteiger partial charge >= 0.3 is 0 Å². The van der Waals surface area contributed by atoms with Crippen molar-refractivity contribution in [3.8, 4) is 11.5 Å². The summed E-state index contributed by atoms with van der Waals surface area (Å²) in [5.74, 6) is 1.36. The highest BCUT2D eigenvalue weighted by molar-refractivity contribution is 7.71. The summed E-state index contributed by atoms with van der Waals surface area (Å²) in [5.41, 5.74) is 1.54. The van der Waals surface area contributed by atoms with E-state index in [2.05, 4.69) is 9.97 Å². The Bertz CT molecular complexity index is 1270. The zero-order chi connectivity index (χ0) is 19.7. The molecule has 0 saturated heterocycles. The van der Waals surface area contributed by atoms with Gasteiger partial charge in [-0.3, -0.25) is 9.36 Å². The third kappa shape index (κ3) is 3.29. The molecule has 0 atom stereocenters. The first kappa shape index (κ1) is 18.6. The molecule has 4 rings (SSSR count). The van der Waals surface area contributed by atoms with Crippen molar-refractivity contribution in [2.75, 3.05) is 13.2 Å². The van der Waals surface area contributed by atoms with Crippen molar-refractivity contribution in [1.82, 2.24) is 14.5 Å². The van der Waals surface area contributed by atoms with E-state index < -0.39 is 0 Å². The second kappa shape index (κ2) is 7.73. The van der Waals surface area contributed by atoms with E-state index in [0.717, 1.165) is 21.3 Å². The topological polar surface area (TPSA) is 69.1 Å². The number of aromatic amines is 1. The molecular weight excluding hydrogens is 394 g/mol. The molecule has 0 spiro atoms. The minimum Gasteiger partial charge on any atom is -0.490 e. The number of aromatic nitrogens is 3. The van der Waals surface area contributed by atoms with Crippen LogP contribution in [0.1, 0.15) is 19.4 Å². The number of hydrogen-bond acceptors (Lipinski definition) is 6. The van der Waals surface area contributed by atoms with Crippen molar-refractivity contribution in [3.63, 3.8) is 0 Å². The Morgan fingerprint density at radius 2 is 1.96 bits per heavy atom. The van der Waals surface area contributed by atoms with Crippen molar-refractivity contribution >= 4 is 44.0 Å². The molecule has 0 unspecified atom stereocenters. The summed E-state index contributed by atoms with van der Waals surface area (Å²) in [4.78, 5) is 21.5. The monoisotopic (exact) mass is 413 g/mol. The molecule has 4 aromatic rings. The van der Waals surface area contributed by atoms with Gasteiger partial charge in [0.25, 0.3) is 5.56 Å². The van der Waals surface area contributed by atoms with E-state index in [1.165, 1.54) is 11.3 Å². The van der Waals surface area contributed by atoms with Crippen molar-refractivity contribution < 1.29 is 9.47 Å². The maximum Gasteiger partial charge on any atom is 0.272 e. The maximum atomic E-state index is 13.1. The first-order chi connectivity index (χ1) is 13.6. The summed E-state index contributed by atoms with van der Waals surface area (Å²) >= 11 is 6.86. The van der Waals surface area contributed by atoms with E-state index in [1.807, 2.05) is 44.2 Å². The smallest absolute Gasteiger partial charge is 0.272 e. The highest BCUT2D eigenvalue weighted by Crippen LogP contribution is 2.30. The molecule has 0 fully saturated rings. The Hall–Kier alpha value is -2.71. The minimum absolute atomic E-state index is 0.117. The van der Waals surface area contributed by atoms with E-state index in [9.17, 15) is 4.79 Å². The largest absolute Gasteiger partial charge is 0.490 e. The normalized spacial score (nSPS) is 11.2. The van der Waals surface area contributed by atoms with Crippen molar-refractivity contribution in [2.24, 2.45) is 0 Å². The van der Waals surface area contributed by atoms with Crippen LogP contribution in [0.5, 0.6) is 11.5 Å². The molecular formula is C20H19N3O3S2. The molecule has 0 aliphatic heterocycles. The molecule has 0 radical (unpaired) electrons. The van der Waals surface area contributed by atoms with E-state index in [0.29, 0.717) is 40.7 Å². The summed E-state index contributed by atoms with van der Waals surface area (Å²) in [6.45, 7) is 5.29. The Labute approximate surface area is 170 Å². The summed E-state index contributed by atoms with van der Waals surface area (Å²) in [5, 5.41) is 0.914. The van der Waals surface area contributed by atoms with Gasteiger partial charge in [-0.2, -0.15) is 0 Å². The molecule has 28 heavy (non-hydrogen) atoms. The van der Waals surface area contributed by atoms with Gasteiger partial charge < -0.3 is 14.5 Å². The van der Waals surface area contributed by atoms with E-state index >= 15 is 0 Å². The van der Waals surface area contributed by atoms with Crippen LogP contribution in [-0.4, -0.2) is 27.7 Å². The number of pyridine rings is 1. The van der Waals surface area contributed by atoms with Gasteiger partial charge in [0.1, 0.15) is 9.53 Å². The number of H-pyrrole nitrogens is 1. The zero-order valence-electron chi connectivity index (χ0n) is 15.5. The summed E-state index contributed by atoms with van der Waals surface area (Å²) in [6, 6.07) is 9.48. The molecule has 1 aromatic carbocycles.